The van der Waals surface area contributed by atoms with Crippen LogP contribution in [0.25, 0.3) is 0 Å². The van der Waals surface area contributed by atoms with Crippen molar-refractivity contribution < 1.29 is 18.0 Å². The normalized spacial score (nSPS) is 15.5. The lowest BCUT2D eigenvalue weighted by Crippen LogP contribution is -2.37. The fourth-order valence-electron chi connectivity index (χ4n) is 3.19. The number of benzene rings is 2. The summed E-state index contributed by atoms with van der Waals surface area (Å²) in [4.78, 5) is 27.0. The van der Waals surface area contributed by atoms with Crippen LogP contribution in [0.2, 0.25) is 0 Å². The van der Waals surface area contributed by atoms with Gasteiger partial charge < -0.3 is 10.2 Å². The van der Waals surface area contributed by atoms with Gasteiger partial charge in [0.1, 0.15) is 0 Å². The molecular formula is C22H27N3O4S2. The van der Waals surface area contributed by atoms with Crippen molar-refractivity contribution in [1.29, 1.82) is 0 Å². The van der Waals surface area contributed by atoms with E-state index in [1.165, 1.54) is 33.5 Å². The van der Waals surface area contributed by atoms with Gasteiger partial charge in [0.15, 0.2) is 0 Å². The average Bonchev–Trinajstić information content (AvgIpc) is 2.75. The van der Waals surface area contributed by atoms with Crippen molar-refractivity contribution in [3.05, 3.63) is 54.1 Å². The van der Waals surface area contributed by atoms with Crippen molar-refractivity contribution in [2.75, 3.05) is 32.5 Å². The summed E-state index contributed by atoms with van der Waals surface area (Å²) in [5.74, 6) is 0.160. The highest BCUT2D eigenvalue weighted by Gasteiger charge is 2.28. The largest absolute Gasteiger partial charge is 0.339 e. The second-order valence-electron chi connectivity index (χ2n) is 7.82. The van der Waals surface area contributed by atoms with Gasteiger partial charge >= 0.3 is 0 Å². The third-order valence-electron chi connectivity index (χ3n) is 5.19. The van der Waals surface area contributed by atoms with Crippen molar-refractivity contribution in [2.24, 2.45) is 5.92 Å². The Hall–Kier alpha value is -2.36. The lowest BCUT2D eigenvalue weighted by atomic mass is 10.0. The quantitative estimate of drug-likeness (QED) is 0.677. The highest BCUT2D eigenvalue weighted by molar-refractivity contribution is 8.13. The summed E-state index contributed by atoms with van der Waals surface area (Å²) < 4.78 is 27.2. The number of hydrogen-bond acceptors (Lipinski definition) is 5. The summed E-state index contributed by atoms with van der Waals surface area (Å²) in [6, 6.07) is 13.0. The van der Waals surface area contributed by atoms with E-state index in [0.29, 0.717) is 35.2 Å². The van der Waals surface area contributed by atoms with Crippen molar-refractivity contribution >= 4 is 38.6 Å². The number of anilines is 1. The van der Waals surface area contributed by atoms with Crippen LogP contribution in [-0.2, 0) is 10.0 Å². The Balaban J connectivity index is 1.72. The van der Waals surface area contributed by atoms with Gasteiger partial charge in [0, 0.05) is 37.6 Å². The molecule has 1 saturated heterocycles. The number of piperidine rings is 1. The molecule has 1 aliphatic heterocycles. The Morgan fingerprint density at radius 2 is 1.65 bits per heavy atom. The lowest BCUT2D eigenvalue weighted by molar-refractivity contribution is 0.102. The highest BCUT2D eigenvalue weighted by atomic mass is 32.2. The fraction of sp³-hybridized carbons (Fsp3) is 0.364. The van der Waals surface area contributed by atoms with Crippen LogP contribution in [0.4, 0.5) is 10.5 Å². The number of rotatable bonds is 5. The molecule has 3 rings (SSSR count). The van der Waals surface area contributed by atoms with E-state index in [1.807, 2.05) is 0 Å². The molecule has 0 radical (unpaired) electrons. The second kappa shape index (κ2) is 9.84. The average molecular weight is 462 g/mol. The van der Waals surface area contributed by atoms with Crippen LogP contribution in [0.1, 0.15) is 30.1 Å². The van der Waals surface area contributed by atoms with Crippen LogP contribution in [0, 0.1) is 5.92 Å². The third kappa shape index (κ3) is 5.66. The molecule has 9 heteroatoms. The first-order chi connectivity index (χ1) is 14.7. The topological polar surface area (TPSA) is 86.8 Å². The van der Waals surface area contributed by atoms with Gasteiger partial charge in [-0.05, 0) is 66.9 Å². The van der Waals surface area contributed by atoms with E-state index in [9.17, 15) is 18.0 Å². The van der Waals surface area contributed by atoms with Gasteiger partial charge in [0.05, 0.1) is 10.6 Å². The SMILES string of the molecule is CC1CCN(S(=O)(=O)c2ccc(C(=O)Nc3ccccc3SC(=O)N(C)C)cc2)CC1. The Labute approximate surface area is 187 Å². The van der Waals surface area contributed by atoms with Crippen LogP contribution >= 0.6 is 11.8 Å². The van der Waals surface area contributed by atoms with Crippen molar-refractivity contribution in [2.45, 2.75) is 29.6 Å². The van der Waals surface area contributed by atoms with Crippen LogP contribution in [0.3, 0.4) is 0 Å². The molecule has 0 unspecified atom stereocenters. The molecule has 0 spiro atoms. The molecule has 0 saturated carbocycles. The van der Waals surface area contributed by atoms with Crippen molar-refractivity contribution in [3.63, 3.8) is 0 Å². The zero-order valence-corrected chi connectivity index (χ0v) is 19.5. The van der Waals surface area contributed by atoms with Crippen LogP contribution in [-0.4, -0.2) is 56.0 Å². The minimum atomic E-state index is -3.56. The number of carbonyl (C=O) groups excluding carboxylic acids is 2. The minimum absolute atomic E-state index is 0.150. The number of para-hydroxylation sites is 1. The second-order valence-corrected chi connectivity index (χ2v) is 10.8. The molecule has 0 atom stereocenters. The number of amides is 2. The van der Waals surface area contributed by atoms with Crippen LogP contribution < -0.4 is 5.32 Å². The Bertz CT molecular complexity index is 1040. The van der Waals surface area contributed by atoms with Gasteiger partial charge in [0.25, 0.3) is 11.1 Å². The first-order valence-electron chi connectivity index (χ1n) is 10.1. The summed E-state index contributed by atoms with van der Waals surface area (Å²) in [5.41, 5.74) is 0.858. The van der Waals surface area contributed by atoms with Gasteiger partial charge in [-0.1, -0.05) is 19.1 Å². The number of nitrogens with zero attached hydrogens (tertiary/aromatic N) is 2. The fourth-order valence-corrected chi connectivity index (χ4v) is 5.41. The van der Waals surface area contributed by atoms with Gasteiger partial charge in [-0.25, -0.2) is 8.42 Å². The Kier molecular flexibility index (Phi) is 7.40. The van der Waals surface area contributed by atoms with Crippen LogP contribution in [0.15, 0.2) is 58.3 Å². The number of nitrogens with one attached hydrogen (secondary N) is 1. The zero-order chi connectivity index (χ0) is 22.6. The van der Waals surface area contributed by atoms with E-state index in [2.05, 4.69) is 12.2 Å². The summed E-state index contributed by atoms with van der Waals surface area (Å²) in [7, 11) is -0.232. The zero-order valence-electron chi connectivity index (χ0n) is 17.9. The lowest BCUT2D eigenvalue weighted by Gasteiger charge is -2.29. The number of thioether (sulfide) groups is 1. The van der Waals surface area contributed by atoms with E-state index in [0.717, 1.165) is 24.6 Å². The molecule has 1 N–H and O–H groups in total. The molecule has 2 aromatic rings. The molecule has 7 nitrogen and oxygen atoms in total. The molecule has 1 aliphatic rings. The van der Waals surface area contributed by atoms with Gasteiger partial charge in [-0.3, -0.25) is 9.59 Å². The predicted molar refractivity (Wildman–Crippen MR) is 123 cm³/mol. The minimum Gasteiger partial charge on any atom is -0.339 e. The van der Waals surface area contributed by atoms with E-state index >= 15 is 0 Å². The maximum absolute atomic E-state index is 12.9. The molecule has 2 aromatic carbocycles. The highest BCUT2D eigenvalue weighted by Crippen LogP contribution is 2.29. The van der Waals surface area contributed by atoms with E-state index in [4.69, 9.17) is 0 Å². The van der Waals surface area contributed by atoms with Crippen molar-refractivity contribution in [3.8, 4) is 0 Å². The smallest absolute Gasteiger partial charge is 0.286 e. The summed E-state index contributed by atoms with van der Waals surface area (Å²) in [6.45, 7) is 3.17. The number of carbonyl (C=O) groups is 2. The van der Waals surface area contributed by atoms with E-state index in [1.54, 1.807) is 38.4 Å². The van der Waals surface area contributed by atoms with Crippen LogP contribution in [0.5, 0.6) is 0 Å². The molecule has 1 heterocycles. The molecule has 0 bridgehead atoms. The third-order valence-corrected chi connectivity index (χ3v) is 8.22. The van der Waals surface area contributed by atoms with Gasteiger partial charge in [-0.15, -0.1) is 0 Å². The summed E-state index contributed by atoms with van der Waals surface area (Å²) in [6.07, 6.45) is 1.71. The first-order valence-corrected chi connectivity index (χ1v) is 12.3. The Morgan fingerprint density at radius 1 is 1.03 bits per heavy atom. The molecule has 0 aromatic heterocycles. The van der Waals surface area contributed by atoms with E-state index < -0.39 is 10.0 Å². The first kappa shape index (κ1) is 23.3. The van der Waals surface area contributed by atoms with E-state index in [-0.39, 0.29) is 16.0 Å². The Morgan fingerprint density at radius 3 is 2.26 bits per heavy atom. The maximum atomic E-state index is 12.9. The monoisotopic (exact) mass is 461 g/mol. The number of sulfonamides is 1. The predicted octanol–water partition coefficient (Wildman–Crippen LogP) is 4.13. The van der Waals surface area contributed by atoms with Gasteiger partial charge in [-0.2, -0.15) is 4.31 Å². The molecule has 0 aliphatic carbocycles. The molecule has 2 amide bonds. The summed E-state index contributed by atoms with van der Waals surface area (Å²) >= 11 is 1.02. The molecular weight excluding hydrogens is 434 g/mol. The number of hydrogen-bond donors (Lipinski definition) is 1. The van der Waals surface area contributed by atoms with Gasteiger partial charge in [0.2, 0.25) is 10.0 Å². The standard InChI is InChI=1S/C22H27N3O4S2/c1-16-12-14-25(15-13-16)31(28,29)18-10-8-17(9-11-18)21(26)23-19-6-4-5-7-20(19)30-22(27)24(2)3/h4-11,16H,12-15H2,1-3H3,(H,23,26). The molecule has 166 valence electrons. The summed E-state index contributed by atoms with van der Waals surface area (Å²) in [5, 5.41) is 2.66. The van der Waals surface area contributed by atoms with Crippen molar-refractivity contribution in [1.82, 2.24) is 9.21 Å². The molecule has 1 fully saturated rings. The maximum Gasteiger partial charge on any atom is 0.286 e. The molecule has 31 heavy (non-hydrogen) atoms.